The van der Waals surface area contributed by atoms with Gasteiger partial charge in [-0.2, -0.15) is 12.6 Å². The van der Waals surface area contributed by atoms with E-state index >= 15 is 0 Å². The van der Waals surface area contributed by atoms with Crippen molar-refractivity contribution in [1.29, 1.82) is 0 Å². The van der Waals surface area contributed by atoms with Gasteiger partial charge < -0.3 is 32.5 Å². The van der Waals surface area contributed by atoms with Crippen LogP contribution in [-0.2, 0) is 30.4 Å². The molecule has 194 valence electrons. The van der Waals surface area contributed by atoms with E-state index in [-0.39, 0.29) is 30.9 Å². The third kappa shape index (κ3) is 10.4. The minimum absolute atomic E-state index is 0.0336. The number of amides is 4. The zero-order valence-corrected chi connectivity index (χ0v) is 20.8. The Hall–Kier alpha value is -3.12. The molecule has 1 aromatic carbocycles. The van der Waals surface area contributed by atoms with Gasteiger partial charge in [-0.1, -0.05) is 50.6 Å². The minimum Gasteiger partial charge on any atom is -0.480 e. The number of hydrogen-bond acceptors (Lipinski definition) is 7. The van der Waals surface area contributed by atoms with Gasteiger partial charge in [0.15, 0.2) is 0 Å². The molecule has 0 aliphatic rings. The van der Waals surface area contributed by atoms with Gasteiger partial charge in [0, 0.05) is 18.6 Å². The first-order valence-electron chi connectivity index (χ1n) is 11.3. The van der Waals surface area contributed by atoms with Gasteiger partial charge in [0.2, 0.25) is 23.6 Å². The van der Waals surface area contributed by atoms with Crippen molar-refractivity contribution in [3.05, 3.63) is 35.9 Å². The largest absolute Gasteiger partial charge is 0.480 e. The molecule has 8 N–H and O–H groups in total. The molecule has 1 rings (SSSR count). The van der Waals surface area contributed by atoms with E-state index < -0.39 is 53.8 Å². The summed E-state index contributed by atoms with van der Waals surface area (Å²) in [6.45, 7) is 3.54. The van der Waals surface area contributed by atoms with Crippen molar-refractivity contribution in [2.45, 2.75) is 63.7 Å². The summed E-state index contributed by atoms with van der Waals surface area (Å²) < 4.78 is 0. The van der Waals surface area contributed by atoms with Crippen molar-refractivity contribution >= 4 is 42.2 Å². The SMILES string of the molecule is CCC(C)C(NC(=O)C(CCC(N)=O)NC(=O)C(N)CS)C(=O)NC(Cc1ccccc1)C(=O)O. The van der Waals surface area contributed by atoms with Crippen molar-refractivity contribution in [3.63, 3.8) is 0 Å². The average Bonchev–Trinajstić information content (AvgIpc) is 2.83. The van der Waals surface area contributed by atoms with E-state index in [1.165, 1.54) is 0 Å². The predicted octanol–water partition coefficient (Wildman–Crippen LogP) is -0.663. The summed E-state index contributed by atoms with van der Waals surface area (Å²) in [5.41, 5.74) is 11.6. The number of carbonyl (C=O) groups is 5. The molecule has 0 bridgehead atoms. The lowest BCUT2D eigenvalue weighted by molar-refractivity contribution is -0.142. The Balaban J connectivity index is 3.03. The Bertz CT molecular complexity index is 884. The van der Waals surface area contributed by atoms with Crippen LogP contribution in [0, 0.1) is 5.92 Å². The fourth-order valence-corrected chi connectivity index (χ4v) is 3.35. The molecule has 1 aromatic rings. The summed E-state index contributed by atoms with van der Waals surface area (Å²) in [4.78, 5) is 61.3. The highest BCUT2D eigenvalue weighted by atomic mass is 32.1. The smallest absolute Gasteiger partial charge is 0.326 e. The topological polar surface area (TPSA) is 194 Å². The maximum absolute atomic E-state index is 13.1. The quantitative estimate of drug-likeness (QED) is 0.152. The highest BCUT2D eigenvalue weighted by Gasteiger charge is 2.32. The third-order valence-corrected chi connectivity index (χ3v) is 5.93. The summed E-state index contributed by atoms with van der Waals surface area (Å²) in [5, 5.41) is 17.2. The first-order chi connectivity index (χ1) is 16.5. The Morgan fingerprint density at radius 1 is 0.971 bits per heavy atom. The van der Waals surface area contributed by atoms with Crippen molar-refractivity contribution in [1.82, 2.24) is 16.0 Å². The Kier molecular flexibility index (Phi) is 12.8. The number of carboxylic acids is 1. The van der Waals surface area contributed by atoms with Gasteiger partial charge in [0.25, 0.3) is 0 Å². The van der Waals surface area contributed by atoms with Crippen molar-refractivity contribution in [2.75, 3.05) is 5.75 Å². The molecule has 35 heavy (non-hydrogen) atoms. The molecule has 0 aliphatic carbocycles. The molecule has 0 saturated carbocycles. The fraction of sp³-hybridized carbons (Fsp3) is 0.522. The van der Waals surface area contributed by atoms with Crippen LogP contribution < -0.4 is 27.4 Å². The third-order valence-electron chi connectivity index (χ3n) is 5.54. The van der Waals surface area contributed by atoms with Crippen LogP contribution in [0.2, 0.25) is 0 Å². The Morgan fingerprint density at radius 3 is 2.09 bits per heavy atom. The van der Waals surface area contributed by atoms with Crippen LogP contribution in [0.1, 0.15) is 38.7 Å². The summed E-state index contributed by atoms with van der Waals surface area (Å²) in [7, 11) is 0. The van der Waals surface area contributed by atoms with Crippen LogP contribution in [0.4, 0.5) is 0 Å². The molecular weight excluding hydrogens is 474 g/mol. The van der Waals surface area contributed by atoms with Crippen LogP contribution >= 0.6 is 12.6 Å². The van der Waals surface area contributed by atoms with Gasteiger partial charge in [-0.15, -0.1) is 0 Å². The van der Waals surface area contributed by atoms with Gasteiger partial charge in [0.05, 0.1) is 6.04 Å². The maximum Gasteiger partial charge on any atom is 0.326 e. The molecule has 5 atom stereocenters. The number of benzene rings is 1. The highest BCUT2D eigenvalue weighted by molar-refractivity contribution is 7.80. The zero-order chi connectivity index (χ0) is 26.5. The number of aliphatic carboxylic acids is 1. The maximum atomic E-state index is 13.1. The van der Waals surface area contributed by atoms with E-state index in [0.717, 1.165) is 5.56 Å². The number of primary amides is 1. The summed E-state index contributed by atoms with van der Waals surface area (Å²) in [6, 6.07) is 4.35. The number of carbonyl (C=O) groups excluding carboxylic acids is 4. The van der Waals surface area contributed by atoms with Crippen LogP contribution in [0.15, 0.2) is 30.3 Å². The summed E-state index contributed by atoms with van der Waals surface area (Å²) >= 11 is 3.96. The monoisotopic (exact) mass is 509 g/mol. The molecule has 5 unspecified atom stereocenters. The van der Waals surface area contributed by atoms with E-state index in [9.17, 15) is 29.1 Å². The molecule has 0 fully saturated rings. The van der Waals surface area contributed by atoms with Crippen molar-refractivity contribution < 1.29 is 29.1 Å². The van der Waals surface area contributed by atoms with E-state index in [4.69, 9.17) is 11.5 Å². The second-order valence-electron chi connectivity index (χ2n) is 8.32. The Morgan fingerprint density at radius 2 is 1.57 bits per heavy atom. The van der Waals surface area contributed by atoms with Gasteiger partial charge in [-0.05, 0) is 17.9 Å². The molecule has 0 spiro atoms. The molecule has 0 aromatic heterocycles. The van der Waals surface area contributed by atoms with E-state index in [1.807, 2.05) is 6.92 Å². The van der Waals surface area contributed by atoms with Gasteiger partial charge >= 0.3 is 5.97 Å². The summed E-state index contributed by atoms with van der Waals surface area (Å²) in [6.07, 6.45) is 0.263. The van der Waals surface area contributed by atoms with Crippen LogP contribution in [0.25, 0.3) is 0 Å². The highest BCUT2D eigenvalue weighted by Crippen LogP contribution is 2.11. The summed E-state index contributed by atoms with van der Waals surface area (Å²) in [5.74, 6) is -4.27. The average molecular weight is 510 g/mol. The normalized spacial score (nSPS) is 15.1. The molecule has 0 radical (unpaired) electrons. The second kappa shape index (κ2) is 15.0. The zero-order valence-electron chi connectivity index (χ0n) is 19.9. The van der Waals surface area contributed by atoms with Gasteiger partial charge in [-0.3, -0.25) is 19.2 Å². The van der Waals surface area contributed by atoms with Gasteiger partial charge in [-0.25, -0.2) is 4.79 Å². The van der Waals surface area contributed by atoms with Crippen LogP contribution in [0.3, 0.4) is 0 Å². The predicted molar refractivity (Wildman–Crippen MR) is 133 cm³/mol. The molecule has 0 aliphatic heterocycles. The van der Waals surface area contributed by atoms with E-state index in [1.54, 1.807) is 37.3 Å². The first kappa shape index (κ1) is 29.9. The number of nitrogens with two attached hydrogens (primary N) is 2. The van der Waals surface area contributed by atoms with E-state index in [0.29, 0.717) is 6.42 Å². The van der Waals surface area contributed by atoms with Crippen molar-refractivity contribution in [2.24, 2.45) is 17.4 Å². The van der Waals surface area contributed by atoms with Crippen molar-refractivity contribution in [3.8, 4) is 0 Å². The number of thiol groups is 1. The standard InChI is InChI=1S/C23H35N5O6S/c1-3-13(2)19(22(32)27-17(23(33)34)11-14-7-5-4-6-8-14)28-21(31)16(9-10-18(25)29)26-20(30)15(24)12-35/h4-8,13,15-17,19,35H,3,9-12,24H2,1-2H3,(H2,25,29)(H,26,30)(H,27,32)(H,28,31)(H,33,34). The van der Waals surface area contributed by atoms with E-state index in [2.05, 4.69) is 28.6 Å². The number of nitrogens with one attached hydrogen (secondary N) is 3. The van der Waals surface area contributed by atoms with Crippen LogP contribution in [0.5, 0.6) is 0 Å². The molecular formula is C23H35N5O6S. The minimum atomic E-state index is -1.22. The first-order valence-corrected chi connectivity index (χ1v) is 12.0. The molecule has 12 heteroatoms. The fourth-order valence-electron chi connectivity index (χ4n) is 3.18. The molecule has 0 heterocycles. The number of rotatable bonds is 15. The second-order valence-corrected chi connectivity index (χ2v) is 8.68. The number of carboxylic acid groups (broad SMARTS) is 1. The lowest BCUT2D eigenvalue weighted by Gasteiger charge is -2.28. The number of hydrogen-bond donors (Lipinski definition) is 7. The molecule has 11 nitrogen and oxygen atoms in total. The van der Waals surface area contributed by atoms with Crippen LogP contribution in [-0.4, -0.2) is 64.6 Å². The van der Waals surface area contributed by atoms with Gasteiger partial charge in [0.1, 0.15) is 18.1 Å². The Labute approximate surface area is 210 Å². The molecule has 4 amide bonds. The lowest BCUT2D eigenvalue weighted by atomic mass is 9.96. The lowest BCUT2D eigenvalue weighted by Crippen LogP contribution is -2.59. The molecule has 0 saturated heterocycles.